The van der Waals surface area contributed by atoms with Gasteiger partial charge in [0.25, 0.3) is 0 Å². The Labute approximate surface area is 177 Å². The fourth-order valence-corrected chi connectivity index (χ4v) is 2.71. The number of methoxy groups -OCH3 is 2. The van der Waals surface area contributed by atoms with E-state index in [1.54, 1.807) is 14.2 Å². The van der Waals surface area contributed by atoms with Gasteiger partial charge in [-0.3, -0.25) is 5.32 Å². The van der Waals surface area contributed by atoms with Crippen molar-refractivity contribution in [3.8, 4) is 0 Å². The van der Waals surface area contributed by atoms with Crippen LogP contribution in [0.15, 0.2) is 29.3 Å². The molecule has 0 atom stereocenters. The van der Waals surface area contributed by atoms with Crippen LogP contribution in [0.1, 0.15) is 22.5 Å². The summed E-state index contributed by atoms with van der Waals surface area (Å²) in [6, 6.07) is 7.94. The van der Waals surface area contributed by atoms with Crippen LogP contribution in [0, 0.1) is 27.7 Å². The van der Waals surface area contributed by atoms with Crippen LogP contribution in [0.3, 0.4) is 0 Å². The number of benzene rings is 1. The second-order valence-corrected chi connectivity index (χ2v) is 6.98. The van der Waals surface area contributed by atoms with Crippen LogP contribution >= 0.6 is 12.2 Å². The molecule has 0 aliphatic carbocycles. The number of hydrogen-bond acceptors (Lipinski definition) is 6. The van der Waals surface area contributed by atoms with Gasteiger partial charge in [-0.15, -0.1) is 0 Å². The molecule has 1 aromatic heterocycles. The van der Waals surface area contributed by atoms with Gasteiger partial charge in [0.15, 0.2) is 11.4 Å². The summed E-state index contributed by atoms with van der Waals surface area (Å²) in [5.41, 5.74) is 4.98. The molecule has 0 amide bonds. The molecule has 8 nitrogen and oxygen atoms in total. The van der Waals surface area contributed by atoms with Gasteiger partial charge in [-0.2, -0.15) is 0 Å². The maximum Gasteiger partial charge on any atom is 0.229 e. The van der Waals surface area contributed by atoms with Gasteiger partial charge < -0.3 is 20.1 Å². The SMILES string of the molecule is COC(CN=C(NC(=S)Nc1ccc(C)c(C)c1)Nc1nc(C)cc(C)n1)OC. The summed E-state index contributed by atoms with van der Waals surface area (Å²) in [7, 11) is 3.12. The highest BCUT2D eigenvalue weighted by atomic mass is 32.1. The lowest BCUT2D eigenvalue weighted by molar-refractivity contribution is -0.0937. The third-order valence-corrected chi connectivity index (χ3v) is 4.34. The van der Waals surface area contributed by atoms with Crippen LogP contribution in [0.4, 0.5) is 11.6 Å². The Balaban J connectivity index is 2.15. The van der Waals surface area contributed by atoms with Crippen molar-refractivity contribution in [2.45, 2.75) is 34.0 Å². The van der Waals surface area contributed by atoms with Crippen LogP contribution in [-0.2, 0) is 9.47 Å². The van der Waals surface area contributed by atoms with Gasteiger partial charge in [-0.25, -0.2) is 15.0 Å². The van der Waals surface area contributed by atoms with E-state index in [0.717, 1.165) is 17.1 Å². The number of nitrogens with one attached hydrogen (secondary N) is 3. The van der Waals surface area contributed by atoms with E-state index in [1.165, 1.54) is 11.1 Å². The molecule has 0 spiro atoms. The largest absolute Gasteiger partial charge is 0.354 e. The number of nitrogens with zero attached hydrogens (tertiary/aromatic N) is 3. The average Bonchev–Trinajstić information content (AvgIpc) is 2.64. The van der Waals surface area contributed by atoms with Crippen LogP contribution in [-0.4, -0.2) is 48.1 Å². The molecular formula is C20H28N6O2S. The number of aryl methyl sites for hydroxylation is 4. The van der Waals surface area contributed by atoms with Crippen LogP contribution < -0.4 is 16.0 Å². The zero-order valence-electron chi connectivity index (χ0n) is 17.7. The highest BCUT2D eigenvalue weighted by molar-refractivity contribution is 7.80. The van der Waals surface area contributed by atoms with Crippen LogP contribution in [0.25, 0.3) is 0 Å². The summed E-state index contributed by atoms with van der Waals surface area (Å²) in [4.78, 5) is 13.2. The molecule has 1 aromatic carbocycles. The number of aromatic nitrogens is 2. The van der Waals surface area contributed by atoms with E-state index in [1.807, 2.05) is 38.1 Å². The predicted octanol–water partition coefficient (Wildman–Crippen LogP) is 3.08. The van der Waals surface area contributed by atoms with Crippen molar-refractivity contribution < 1.29 is 9.47 Å². The minimum absolute atomic E-state index is 0.263. The summed E-state index contributed by atoms with van der Waals surface area (Å²) in [5.74, 6) is 0.810. The van der Waals surface area contributed by atoms with E-state index in [-0.39, 0.29) is 6.54 Å². The molecule has 29 heavy (non-hydrogen) atoms. The Morgan fingerprint density at radius 3 is 2.24 bits per heavy atom. The third kappa shape index (κ3) is 7.37. The topological polar surface area (TPSA) is 92.7 Å². The van der Waals surface area contributed by atoms with Crippen molar-refractivity contribution >= 4 is 34.9 Å². The van der Waals surface area contributed by atoms with E-state index in [4.69, 9.17) is 21.7 Å². The molecule has 2 aromatic rings. The first-order valence-electron chi connectivity index (χ1n) is 9.15. The monoisotopic (exact) mass is 416 g/mol. The van der Waals surface area contributed by atoms with E-state index in [0.29, 0.717) is 17.0 Å². The first kappa shape index (κ1) is 22.7. The lowest BCUT2D eigenvalue weighted by atomic mass is 10.1. The summed E-state index contributed by atoms with van der Waals surface area (Å²) in [5, 5.41) is 9.68. The summed E-state index contributed by atoms with van der Waals surface area (Å²) in [6.45, 7) is 8.19. The van der Waals surface area contributed by atoms with Crippen molar-refractivity contribution in [2.75, 3.05) is 31.4 Å². The number of ether oxygens (including phenoxy) is 2. The maximum atomic E-state index is 5.45. The minimum Gasteiger partial charge on any atom is -0.354 e. The normalized spacial score (nSPS) is 11.5. The van der Waals surface area contributed by atoms with Crippen molar-refractivity contribution in [3.63, 3.8) is 0 Å². The molecule has 0 fully saturated rings. The van der Waals surface area contributed by atoms with Crippen molar-refractivity contribution in [2.24, 2.45) is 4.99 Å². The zero-order chi connectivity index (χ0) is 21.4. The summed E-state index contributed by atoms with van der Waals surface area (Å²) < 4.78 is 10.4. The fourth-order valence-electron chi connectivity index (χ4n) is 2.50. The molecule has 0 radical (unpaired) electrons. The highest BCUT2D eigenvalue weighted by Crippen LogP contribution is 2.14. The second-order valence-electron chi connectivity index (χ2n) is 6.57. The lowest BCUT2D eigenvalue weighted by Gasteiger charge is -2.16. The molecule has 1 heterocycles. The zero-order valence-corrected chi connectivity index (χ0v) is 18.5. The Hall–Kier alpha value is -2.62. The molecule has 0 aliphatic heterocycles. The van der Waals surface area contributed by atoms with E-state index in [2.05, 4.69) is 44.8 Å². The molecule has 0 saturated heterocycles. The maximum absolute atomic E-state index is 5.45. The van der Waals surface area contributed by atoms with E-state index >= 15 is 0 Å². The molecule has 0 aliphatic rings. The Bertz CT molecular complexity index is 863. The summed E-state index contributed by atoms with van der Waals surface area (Å²) >= 11 is 5.45. The van der Waals surface area contributed by atoms with Crippen molar-refractivity contribution in [1.82, 2.24) is 15.3 Å². The molecule has 0 unspecified atom stereocenters. The van der Waals surface area contributed by atoms with E-state index < -0.39 is 6.29 Å². The lowest BCUT2D eigenvalue weighted by Crippen LogP contribution is -2.40. The first-order valence-corrected chi connectivity index (χ1v) is 9.56. The summed E-state index contributed by atoms with van der Waals surface area (Å²) in [6.07, 6.45) is -0.477. The fraction of sp³-hybridized carbons (Fsp3) is 0.400. The first-order chi connectivity index (χ1) is 13.8. The molecule has 9 heteroatoms. The minimum atomic E-state index is -0.477. The molecule has 2 rings (SSSR count). The molecule has 3 N–H and O–H groups in total. The van der Waals surface area contributed by atoms with Gasteiger partial charge in [0, 0.05) is 31.3 Å². The van der Waals surface area contributed by atoms with Gasteiger partial charge in [0.2, 0.25) is 11.9 Å². The van der Waals surface area contributed by atoms with Gasteiger partial charge in [0.1, 0.15) is 0 Å². The van der Waals surface area contributed by atoms with Crippen molar-refractivity contribution in [3.05, 3.63) is 46.8 Å². The smallest absolute Gasteiger partial charge is 0.229 e. The number of guanidine groups is 1. The molecular weight excluding hydrogens is 388 g/mol. The number of hydrogen-bond donors (Lipinski definition) is 3. The molecule has 0 bridgehead atoms. The molecule has 0 saturated carbocycles. The van der Waals surface area contributed by atoms with E-state index in [9.17, 15) is 0 Å². The highest BCUT2D eigenvalue weighted by Gasteiger charge is 2.10. The molecule has 156 valence electrons. The van der Waals surface area contributed by atoms with Gasteiger partial charge in [0.05, 0.1) is 6.54 Å². The number of thiocarbonyl (C=S) groups is 1. The Kier molecular flexibility index (Phi) is 8.44. The third-order valence-electron chi connectivity index (χ3n) is 4.13. The van der Waals surface area contributed by atoms with Crippen LogP contribution in [0.2, 0.25) is 0 Å². The number of aliphatic imine (C=N–C) groups is 1. The quantitative estimate of drug-likeness (QED) is 0.286. The van der Waals surface area contributed by atoms with Gasteiger partial charge in [-0.1, -0.05) is 6.07 Å². The van der Waals surface area contributed by atoms with Gasteiger partial charge in [-0.05, 0) is 69.2 Å². The van der Waals surface area contributed by atoms with Crippen LogP contribution in [0.5, 0.6) is 0 Å². The number of rotatable bonds is 6. The van der Waals surface area contributed by atoms with Crippen molar-refractivity contribution in [1.29, 1.82) is 0 Å². The second kappa shape index (κ2) is 10.8. The predicted molar refractivity (Wildman–Crippen MR) is 121 cm³/mol. The number of anilines is 2. The Morgan fingerprint density at radius 2 is 1.66 bits per heavy atom. The van der Waals surface area contributed by atoms with Gasteiger partial charge >= 0.3 is 0 Å². The Morgan fingerprint density at radius 1 is 1.00 bits per heavy atom. The average molecular weight is 417 g/mol. The standard InChI is InChI=1S/C20H28N6O2S/c1-12-7-8-16(9-13(12)2)24-20(29)26-18(21-11-17(27-5)28-6)25-19-22-14(3)10-15(4)23-19/h7-10,17H,11H2,1-6H3,(H3,21,22,23,24,25,26,29).